The van der Waals surface area contributed by atoms with Gasteiger partial charge in [-0.2, -0.15) is 0 Å². The minimum Gasteiger partial charge on any atom is -0.497 e. The summed E-state index contributed by atoms with van der Waals surface area (Å²) in [6.45, 7) is 0. The largest absolute Gasteiger partial charge is 0.497 e. The van der Waals surface area contributed by atoms with Crippen LogP contribution in [0.25, 0.3) is 10.2 Å². The van der Waals surface area contributed by atoms with E-state index >= 15 is 0 Å². The first kappa shape index (κ1) is 17.4. The minimum absolute atomic E-state index is 0.137. The van der Waals surface area contributed by atoms with Crippen molar-refractivity contribution >= 4 is 67.6 Å². The maximum Gasteiger partial charge on any atom is 0.236 e. The molecule has 0 bridgehead atoms. The zero-order valence-electron chi connectivity index (χ0n) is 12.5. The molecule has 24 heavy (non-hydrogen) atoms. The third-order valence-electron chi connectivity index (χ3n) is 3.12. The highest BCUT2D eigenvalue weighted by Crippen LogP contribution is 2.36. The fourth-order valence-corrected chi connectivity index (χ4v) is 4.11. The molecule has 0 fully saturated rings. The Morgan fingerprint density at radius 1 is 1.21 bits per heavy atom. The number of benzene rings is 2. The Hall–Kier alpha value is -1.47. The lowest BCUT2D eigenvalue weighted by Crippen LogP contribution is -2.13. The molecule has 124 valence electrons. The van der Waals surface area contributed by atoms with Crippen LogP contribution in [0.2, 0.25) is 10.0 Å². The molecule has 1 aromatic heterocycles. The Morgan fingerprint density at radius 3 is 2.58 bits per heavy atom. The maximum atomic E-state index is 12.1. The third kappa shape index (κ3) is 3.95. The molecule has 0 radical (unpaired) electrons. The number of thiazole rings is 1. The number of amides is 1. The third-order valence-corrected chi connectivity index (χ3v) is 5.87. The van der Waals surface area contributed by atoms with Crippen LogP contribution in [0.15, 0.2) is 41.3 Å². The zero-order chi connectivity index (χ0) is 17.1. The van der Waals surface area contributed by atoms with Crippen molar-refractivity contribution in [2.75, 3.05) is 18.2 Å². The number of nitrogens with one attached hydrogen (secondary N) is 1. The quantitative estimate of drug-likeness (QED) is 0.589. The fourth-order valence-electron chi connectivity index (χ4n) is 1.97. The number of thioether (sulfide) groups is 1. The van der Waals surface area contributed by atoms with Gasteiger partial charge < -0.3 is 10.1 Å². The van der Waals surface area contributed by atoms with Crippen LogP contribution < -0.4 is 10.1 Å². The van der Waals surface area contributed by atoms with Crippen LogP contribution in [-0.2, 0) is 4.79 Å². The van der Waals surface area contributed by atoms with Gasteiger partial charge in [-0.15, -0.1) is 11.8 Å². The van der Waals surface area contributed by atoms with Gasteiger partial charge in [-0.3, -0.25) is 4.79 Å². The molecule has 4 nitrogen and oxygen atoms in total. The first-order chi connectivity index (χ1) is 11.6. The zero-order valence-corrected chi connectivity index (χ0v) is 15.7. The van der Waals surface area contributed by atoms with E-state index in [1.54, 1.807) is 19.2 Å². The van der Waals surface area contributed by atoms with Gasteiger partial charge in [0.1, 0.15) is 11.3 Å². The van der Waals surface area contributed by atoms with E-state index in [0.29, 0.717) is 20.7 Å². The summed E-state index contributed by atoms with van der Waals surface area (Å²) < 4.78 is 5.87. The minimum atomic E-state index is -0.137. The van der Waals surface area contributed by atoms with Gasteiger partial charge in [0.15, 0.2) is 5.13 Å². The molecule has 1 heterocycles. The Bertz CT molecular complexity index is 843. The molecule has 1 amide bonds. The van der Waals surface area contributed by atoms with Crippen molar-refractivity contribution in [2.45, 2.75) is 4.90 Å². The topological polar surface area (TPSA) is 51.2 Å². The second-order valence-corrected chi connectivity index (χ2v) is 7.60. The van der Waals surface area contributed by atoms with Crippen LogP contribution in [0.4, 0.5) is 5.13 Å². The Labute approximate surface area is 157 Å². The first-order valence-electron chi connectivity index (χ1n) is 6.88. The second kappa shape index (κ2) is 7.61. The number of hydrogen-bond donors (Lipinski definition) is 1. The predicted molar refractivity (Wildman–Crippen MR) is 102 cm³/mol. The van der Waals surface area contributed by atoms with E-state index in [0.717, 1.165) is 15.3 Å². The number of ether oxygens (including phenoxy) is 1. The van der Waals surface area contributed by atoms with E-state index in [-0.39, 0.29) is 11.7 Å². The molecule has 1 N–H and O–H groups in total. The summed E-state index contributed by atoms with van der Waals surface area (Å²) in [5, 5.41) is 4.35. The van der Waals surface area contributed by atoms with E-state index in [4.69, 9.17) is 27.9 Å². The number of aromatic nitrogens is 1. The maximum absolute atomic E-state index is 12.1. The normalized spacial score (nSPS) is 10.8. The molecule has 0 aliphatic carbocycles. The molecular weight excluding hydrogens is 387 g/mol. The number of halogens is 2. The summed E-state index contributed by atoms with van der Waals surface area (Å²) in [6, 6.07) is 10.9. The smallest absolute Gasteiger partial charge is 0.236 e. The Kier molecular flexibility index (Phi) is 5.50. The van der Waals surface area contributed by atoms with E-state index in [2.05, 4.69) is 10.3 Å². The summed E-state index contributed by atoms with van der Waals surface area (Å²) in [5.41, 5.74) is 0.604. The molecule has 8 heteroatoms. The van der Waals surface area contributed by atoms with Gasteiger partial charge in [0.2, 0.25) is 5.91 Å². The number of hydrogen-bond acceptors (Lipinski definition) is 5. The number of carbonyl (C=O) groups excluding carboxylic acids is 1. The van der Waals surface area contributed by atoms with Gasteiger partial charge in [-0.05, 0) is 36.4 Å². The van der Waals surface area contributed by atoms with Crippen molar-refractivity contribution in [3.63, 3.8) is 0 Å². The molecule has 0 aliphatic heterocycles. The average molecular weight is 399 g/mol. The van der Waals surface area contributed by atoms with Crippen LogP contribution in [-0.4, -0.2) is 23.8 Å². The van der Waals surface area contributed by atoms with E-state index in [9.17, 15) is 4.79 Å². The highest BCUT2D eigenvalue weighted by atomic mass is 35.5. The summed E-state index contributed by atoms with van der Waals surface area (Å²) in [6.07, 6.45) is 0. The molecule has 2 aromatic carbocycles. The lowest BCUT2D eigenvalue weighted by atomic mass is 10.3. The SMILES string of the molecule is COc1ccc(SCC(=O)Nc2nc3c(Cl)ccc(Cl)c3s2)cc1. The summed E-state index contributed by atoms with van der Waals surface area (Å²) >= 11 is 15.0. The number of carbonyl (C=O) groups is 1. The summed E-state index contributed by atoms with van der Waals surface area (Å²) in [7, 11) is 1.62. The van der Waals surface area contributed by atoms with Crippen molar-refractivity contribution < 1.29 is 9.53 Å². The molecule has 0 atom stereocenters. The van der Waals surface area contributed by atoms with E-state index in [1.807, 2.05) is 24.3 Å². The van der Waals surface area contributed by atoms with Crippen LogP contribution in [0.3, 0.4) is 0 Å². The fraction of sp³-hybridized carbons (Fsp3) is 0.125. The summed E-state index contributed by atoms with van der Waals surface area (Å²) in [5.74, 6) is 0.929. The number of rotatable bonds is 5. The standard InChI is InChI=1S/C16H12Cl2N2O2S2/c1-22-9-2-4-10(5-3-9)23-8-13(21)19-16-20-14-11(17)6-7-12(18)15(14)24-16/h2-7H,8H2,1H3,(H,19,20,21). The Morgan fingerprint density at radius 2 is 1.92 bits per heavy atom. The van der Waals surface area contributed by atoms with Gasteiger partial charge in [-0.1, -0.05) is 34.5 Å². The molecule has 0 spiro atoms. The van der Waals surface area contributed by atoms with E-state index in [1.165, 1.54) is 23.1 Å². The summed E-state index contributed by atoms with van der Waals surface area (Å²) in [4.78, 5) is 17.4. The van der Waals surface area contributed by atoms with Crippen LogP contribution >= 0.6 is 46.3 Å². The van der Waals surface area contributed by atoms with Crippen molar-refractivity contribution in [2.24, 2.45) is 0 Å². The monoisotopic (exact) mass is 398 g/mol. The lowest BCUT2D eigenvalue weighted by Gasteiger charge is -2.03. The number of fused-ring (bicyclic) bond motifs is 1. The van der Waals surface area contributed by atoms with Crippen LogP contribution in [0.1, 0.15) is 0 Å². The van der Waals surface area contributed by atoms with Gasteiger partial charge in [0.25, 0.3) is 0 Å². The molecular formula is C16H12Cl2N2O2S2. The Balaban J connectivity index is 1.64. The van der Waals surface area contributed by atoms with Crippen molar-refractivity contribution in [3.05, 3.63) is 46.4 Å². The van der Waals surface area contributed by atoms with Gasteiger partial charge in [-0.25, -0.2) is 4.98 Å². The second-order valence-electron chi connectivity index (χ2n) is 4.74. The van der Waals surface area contributed by atoms with Crippen molar-refractivity contribution in [1.29, 1.82) is 0 Å². The number of nitrogens with zero attached hydrogens (tertiary/aromatic N) is 1. The molecule has 3 rings (SSSR count). The first-order valence-corrected chi connectivity index (χ1v) is 9.44. The molecule has 0 unspecified atom stereocenters. The molecule has 0 aliphatic rings. The van der Waals surface area contributed by atoms with Gasteiger partial charge in [0.05, 0.1) is 27.6 Å². The van der Waals surface area contributed by atoms with Crippen molar-refractivity contribution in [3.8, 4) is 5.75 Å². The highest BCUT2D eigenvalue weighted by molar-refractivity contribution is 8.00. The molecule has 0 saturated carbocycles. The molecule has 3 aromatic rings. The molecule has 0 saturated heterocycles. The van der Waals surface area contributed by atoms with Crippen LogP contribution in [0.5, 0.6) is 5.75 Å². The lowest BCUT2D eigenvalue weighted by molar-refractivity contribution is -0.113. The van der Waals surface area contributed by atoms with Crippen molar-refractivity contribution in [1.82, 2.24) is 4.98 Å². The van der Waals surface area contributed by atoms with Gasteiger partial charge >= 0.3 is 0 Å². The van der Waals surface area contributed by atoms with Crippen LogP contribution in [0, 0.1) is 0 Å². The highest BCUT2D eigenvalue weighted by Gasteiger charge is 2.12. The average Bonchev–Trinajstić information content (AvgIpc) is 3.02. The van der Waals surface area contributed by atoms with E-state index < -0.39 is 0 Å². The predicted octanol–water partition coefficient (Wildman–Crippen LogP) is 5.34. The van der Waals surface area contributed by atoms with Gasteiger partial charge in [0, 0.05) is 4.90 Å². The number of anilines is 1. The number of methoxy groups -OCH3 is 1.